The van der Waals surface area contributed by atoms with Gasteiger partial charge in [-0.15, -0.1) is 0 Å². The van der Waals surface area contributed by atoms with Crippen LogP contribution >= 0.6 is 0 Å². The summed E-state index contributed by atoms with van der Waals surface area (Å²) >= 11 is 0. The van der Waals surface area contributed by atoms with Gasteiger partial charge in [0, 0.05) is 38.3 Å². The average Bonchev–Trinajstić information content (AvgIpc) is 2.93. The van der Waals surface area contributed by atoms with Crippen molar-refractivity contribution in [1.29, 1.82) is 0 Å². The van der Waals surface area contributed by atoms with Crippen LogP contribution in [-0.4, -0.2) is 66.1 Å². The average molecular weight is 287 g/mol. The highest BCUT2D eigenvalue weighted by Crippen LogP contribution is 2.19. The van der Waals surface area contributed by atoms with Crippen molar-refractivity contribution in [2.24, 2.45) is 5.73 Å². The standard InChI is InChI=1S/C11H21N5O2S/c1-11(2,9-12)15-5-7-16(8-6-15)19(17,18)10-3-4-13-14-10/h3-4H,5-9,12H2,1-2H3,(H,13,14). The number of hydrogen-bond acceptors (Lipinski definition) is 5. The molecule has 108 valence electrons. The third kappa shape index (κ3) is 2.81. The first-order valence-corrected chi connectivity index (χ1v) is 7.76. The number of nitrogens with two attached hydrogens (primary N) is 1. The van der Waals surface area contributed by atoms with Gasteiger partial charge in [-0.2, -0.15) is 9.40 Å². The van der Waals surface area contributed by atoms with Gasteiger partial charge < -0.3 is 5.73 Å². The molecule has 1 fully saturated rings. The smallest absolute Gasteiger partial charge is 0.260 e. The van der Waals surface area contributed by atoms with Gasteiger partial charge in [-0.3, -0.25) is 10.00 Å². The fourth-order valence-corrected chi connectivity index (χ4v) is 3.51. The second-order valence-corrected chi connectivity index (χ2v) is 7.23. The SMILES string of the molecule is CC(C)(CN)N1CCN(S(=O)(=O)c2ccn[nH]2)CC1. The molecule has 1 aromatic rings. The molecular formula is C11H21N5O2S. The zero-order valence-corrected chi connectivity index (χ0v) is 12.2. The number of aromatic nitrogens is 2. The van der Waals surface area contributed by atoms with Crippen LogP contribution in [0, 0.1) is 0 Å². The third-order valence-electron chi connectivity index (χ3n) is 3.69. The molecule has 2 rings (SSSR count). The number of H-pyrrole nitrogens is 1. The minimum absolute atomic E-state index is 0.0934. The fourth-order valence-electron chi connectivity index (χ4n) is 2.19. The second-order valence-electron chi connectivity index (χ2n) is 5.33. The largest absolute Gasteiger partial charge is 0.329 e. The van der Waals surface area contributed by atoms with Crippen LogP contribution in [0.25, 0.3) is 0 Å². The number of sulfonamides is 1. The molecule has 0 aliphatic carbocycles. The van der Waals surface area contributed by atoms with Crippen LogP contribution in [0.15, 0.2) is 17.3 Å². The summed E-state index contributed by atoms with van der Waals surface area (Å²) in [5.74, 6) is 0. The topological polar surface area (TPSA) is 95.3 Å². The quantitative estimate of drug-likeness (QED) is 0.775. The van der Waals surface area contributed by atoms with Gasteiger partial charge in [-0.05, 0) is 19.9 Å². The number of nitrogens with zero attached hydrogens (tertiary/aromatic N) is 3. The lowest BCUT2D eigenvalue weighted by molar-refractivity contribution is 0.0849. The molecule has 7 nitrogen and oxygen atoms in total. The van der Waals surface area contributed by atoms with Crippen LogP contribution < -0.4 is 5.73 Å². The maximum atomic E-state index is 12.3. The van der Waals surface area contributed by atoms with Crippen molar-refractivity contribution >= 4 is 10.0 Å². The van der Waals surface area contributed by atoms with Gasteiger partial charge >= 0.3 is 0 Å². The van der Waals surface area contributed by atoms with Gasteiger partial charge in [0.05, 0.1) is 6.20 Å². The molecule has 0 spiro atoms. The fraction of sp³-hybridized carbons (Fsp3) is 0.727. The first-order valence-electron chi connectivity index (χ1n) is 6.32. The number of aromatic amines is 1. The van der Waals surface area contributed by atoms with Crippen molar-refractivity contribution in [3.05, 3.63) is 12.3 Å². The summed E-state index contributed by atoms with van der Waals surface area (Å²) in [5.41, 5.74) is 5.65. The Morgan fingerprint density at radius 1 is 1.37 bits per heavy atom. The lowest BCUT2D eigenvalue weighted by Gasteiger charge is -2.42. The van der Waals surface area contributed by atoms with Crippen molar-refractivity contribution in [3.63, 3.8) is 0 Å². The Labute approximate surface area is 113 Å². The minimum Gasteiger partial charge on any atom is -0.329 e. The Morgan fingerprint density at radius 2 is 2.00 bits per heavy atom. The van der Waals surface area contributed by atoms with Crippen LogP contribution in [0.1, 0.15) is 13.8 Å². The van der Waals surface area contributed by atoms with Gasteiger partial charge in [0.25, 0.3) is 10.0 Å². The van der Waals surface area contributed by atoms with E-state index in [4.69, 9.17) is 5.73 Å². The normalized spacial score (nSPS) is 19.7. The maximum absolute atomic E-state index is 12.3. The molecule has 0 unspecified atom stereocenters. The van der Waals surface area contributed by atoms with E-state index < -0.39 is 10.0 Å². The van der Waals surface area contributed by atoms with Gasteiger partial charge in [0.1, 0.15) is 0 Å². The minimum atomic E-state index is -3.44. The van der Waals surface area contributed by atoms with Gasteiger partial charge in [-0.1, -0.05) is 0 Å². The summed E-state index contributed by atoms with van der Waals surface area (Å²) < 4.78 is 26.1. The van der Waals surface area contributed by atoms with E-state index in [0.717, 1.165) is 0 Å². The van der Waals surface area contributed by atoms with E-state index in [0.29, 0.717) is 32.7 Å². The summed E-state index contributed by atoms with van der Waals surface area (Å²) in [6, 6.07) is 1.48. The molecule has 0 radical (unpaired) electrons. The molecule has 19 heavy (non-hydrogen) atoms. The zero-order chi connectivity index (χ0) is 14.1. The van der Waals surface area contributed by atoms with E-state index in [9.17, 15) is 8.42 Å². The molecule has 2 heterocycles. The van der Waals surface area contributed by atoms with Gasteiger partial charge in [0.15, 0.2) is 5.03 Å². The van der Waals surface area contributed by atoms with Gasteiger partial charge in [0.2, 0.25) is 0 Å². The molecule has 1 aromatic heterocycles. The monoisotopic (exact) mass is 287 g/mol. The summed E-state index contributed by atoms with van der Waals surface area (Å²) in [6.07, 6.45) is 1.45. The first-order chi connectivity index (χ1) is 8.88. The predicted molar refractivity (Wildman–Crippen MR) is 72.1 cm³/mol. The van der Waals surface area contributed by atoms with Gasteiger partial charge in [-0.25, -0.2) is 8.42 Å². The van der Waals surface area contributed by atoms with E-state index in [1.807, 2.05) is 0 Å². The van der Waals surface area contributed by atoms with Crippen LogP contribution in [0.2, 0.25) is 0 Å². The summed E-state index contributed by atoms with van der Waals surface area (Å²) in [4.78, 5) is 2.23. The van der Waals surface area contributed by atoms with Crippen LogP contribution in [0.4, 0.5) is 0 Å². The molecule has 0 atom stereocenters. The Balaban J connectivity index is 2.05. The number of rotatable bonds is 4. The molecule has 0 saturated carbocycles. The lowest BCUT2D eigenvalue weighted by Crippen LogP contribution is -2.58. The molecule has 0 aromatic carbocycles. The maximum Gasteiger partial charge on any atom is 0.260 e. The Hall–Kier alpha value is -0.960. The highest BCUT2D eigenvalue weighted by atomic mass is 32.2. The molecular weight excluding hydrogens is 266 g/mol. The Kier molecular flexibility index (Phi) is 3.95. The summed E-state index contributed by atoms with van der Waals surface area (Å²) in [6.45, 7) is 7.04. The zero-order valence-electron chi connectivity index (χ0n) is 11.3. The van der Waals surface area contributed by atoms with E-state index in [1.165, 1.54) is 16.6 Å². The van der Waals surface area contributed by atoms with E-state index in [2.05, 4.69) is 28.9 Å². The van der Waals surface area contributed by atoms with Crippen LogP contribution in [0.5, 0.6) is 0 Å². The number of hydrogen-bond donors (Lipinski definition) is 2. The van der Waals surface area contributed by atoms with Crippen molar-refractivity contribution < 1.29 is 8.42 Å². The summed E-state index contributed by atoms with van der Waals surface area (Å²) in [7, 11) is -3.44. The van der Waals surface area contributed by atoms with E-state index >= 15 is 0 Å². The Morgan fingerprint density at radius 3 is 2.47 bits per heavy atom. The molecule has 3 N–H and O–H groups in total. The third-order valence-corrected chi connectivity index (χ3v) is 5.52. The first kappa shape index (κ1) is 14.4. The lowest BCUT2D eigenvalue weighted by atomic mass is 10.0. The molecule has 8 heteroatoms. The Bertz CT molecular complexity index is 503. The molecule has 1 saturated heterocycles. The molecule has 1 aliphatic heterocycles. The second kappa shape index (κ2) is 5.20. The number of piperazine rings is 1. The highest BCUT2D eigenvalue weighted by Gasteiger charge is 2.33. The summed E-state index contributed by atoms with van der Waals surface area (Å²) in [5, 5.41) is 6.36. The predicted octanol–water partition coefficient (Wildman–Crippen LogP) is -0.547. The highest BCUT2D eigenvalue weighted by molar-refractivity contribution is 7.89. The van der Waals surface area contributed by atoms with Crippen molar-refractivity contribution in [2.45, 2.75) is 24.4 Å². The van der Waals surface area contributed by atoms with Crippen LogP contribution in [-0.2, 0) is 10.0 Å². The van der Waals surface area contributed by atoms with Crippen molar-refractivity contribution in [1.82, 2.24) is 19.4 Å². The molecule has 1 aliphatic rings. The van der Waals surface area contributed by atoms with Crippen LogP contribution in [0.3, 0.4) is 0 Å². The number of nitrogens with one attached hydrogen (secondary N) is 1. The molecule has 0 amide bonds. The van der Waals surface area contributed by atoms with E-state index in [-0.39, 0.29) is 10.6 Å². The van der Waals surface area contributed by atoms with Crippen molar-refractivity contribution in [2.75, 3.05) is 32.7 Å². The van der Waals surface area contributed by atoms with E-state index in [1.54, 1.807) is 0 Å². The van der Waals surface area contributed by atoms with Crippen molar-refractivity contribution in [3.8, 4) is 0 Å². The molecule has 0 bridgehead atoms.